The van der Waals surface area contributed by atoms with Gasteiger partial charge in [-0.05, 0) is 18.2 Å². The van der Waals surface area contributed by atoms with Gasteiger partial charge in [-0.2, -0.15) is 5.26 Å². The van der Waals surface area contributed by atoms with Gasteiger partial charge in [0.05, 0.1) is 16.6 Å². The molecule has 0 fully saturated rings. The molecule has 2 N–H and O–H groups in total. The van der Waals surface area contributed by atoms with Gasteiger partial charge in [0, 0.05) is 23.9 Å². The zero-order chi connectivity index (χ0) is 15.4. The van der Waals surface area contributed by atoms with Gasteiger partial charge in [-0.3, -0.25) is 19.7 Å². The van der Waals surface area contributed by atoms with Crippen molar-refractivity contribution >= 4 is 17.3 Å². The molecular formula is C13H8N4O4. The molecule has 0 saturated heterocycles. The Morgan fingerprint density at radius 2 is 2.10 bits per heavy atom. The number of hydrogen-bond donors (Lipinski definition) is 2. The number of nitrogens with one attached hydrogen (secondary N) is 2. The minimum atomic E-state index is -0.700. The highest BCUT2D eigenvalue weighted by molar-refractivity contribution is 6.05. The average Bonchev–Trinajstić information content (AvgIpc) is 2.47. The maximum atomic E-state index is 11.9. The lowest BCUT2D eigenvalue weighted by atomic mass is 10.1. The van der Waals surface area contributed by atoms with E-state index in [1.54, 1.807) is 6.07 Å². The zero-order valence-electron chi connectivity index (χ0n) is 10.5. The van der Waals surface area contributed by atoms with Gasteiger partial charge in [0.25, 0.3) is 11.6 Å². The largest absolute Gasteiger partial charge is 0.329 e. The summed E-state index contributed by atoms with van der Waals surface area (Å²) in [5, 5.41) is 22.0. The number of pyridine rings is 1. The number of amides is 1. The van der Waals surface area contributed by atoms with Gasteiger partial charge in [-0.25, -0.2) is 0 Å². The van der Waals surface area contributed by atoms with Crippen LogP contribution in [-0.4, -0.2) is 15.8 Å². The molecule has 0 aliphatic carbocycles. The quantitative estimate of drug-likeness (QED) is 0.650. The molecule has 1 amide bonds. The van der Waals surface area contributed by atoms with Crippen molar-refractivity contribution in [2.24, 2.45) is 0 Å². The van der Waals surface area contributed by atoms with Gasteiger partial charge in [0.15, 0.2) is 0 Å². The zero-order valence-corrected chi connectivity index (χ0v) is 10.5. The molecule has 1 heterocycles. The molecule has 0 aliphatic rings. The first-order valence-corrected chi connectivity index (χ1v) is 5.70. The third kappa shape index (κ3) is 3.10. The molecule has 2 rings (SSSR count). The topological polar surface area (TPSA) is 129 Å². The molecule has 0 radical (unpaired) electrons. The maximum absolute atomic E-state index is 11.9. The standard InChI is InChI=1S/C13H8N4O4/c14-7-8-1-2-10(11(5-8)17(20)21)16-13(19)9-3-4-15-12(18)6-9/h1-6H,(H,15,18)(H,16,19). The first-order valence-electron chi connectivity index (χ1n) is 5.70. The average molecular weight is 284 g/mol. The Hall–Kier alpha value is -3.47. The second-order valence-corrected chi connectivity index (χ2v) is 4.00. The van der Waals surface area contributed by atoms with Gasteiger partial charge in [-0.1, -0.05) is 0 Å². The first kappa shape index (κ1) is 14.0. The van der Waals surface area contributed by atoms with Crippen LogP contribution in [0.3, 0.4) is 0 Å². The van der Waals surface area contributed by atoms with E-state index < -0.39 is 22.1 Å². The predicted octanol–water partition coefficient (Wildman–Crippen LogP) is 1.41. The van der Waals surface area contributed by atoms with Crippen molar-refractivity contribution in [3.63, 3.8) is 0 Å². The fourth-order valence-electron chi connectivity index (χ4n) is 1.64. The fraction of sp³-hybridized carbons (Fsp3) is 0. The van der Waals surface area contributed by atoms with Gasteiger partial charge in [0.2, 0.25) is 5.56 Å². The van der Waals surface area contributed by atoms with Crippen LogP contribution in [0.15, 0.2) is 41.3 Å². The number of nitro benzene ring substituents is 1. The summed E-state index contributed by atoms with van der Waals surface area (Å²) in [5.74, 6) is -0.658. The van der Waals surface area contributed by atoms with E-state index in [1.807, 2.05) is 0 Å². The SMILES string of the molecule is N#Cc1ccc(NC(=O)c2cc[nH]c(=O)c2)c([N+](=O)[O-])c1. The molecule has 104 valence electrons. The molecular weight excluding hydrogens is 276 g/mol. The number of rotatable bonds is 3. The van der Waals surface area contributed by atoms with E-state index in [0.717, 1.165) is 12.1 Å². The fourth-order valence-corrected chi connectivity index (χ4v) is 1.64. The summed E-state index contributed by atoms with van der Waals surface area (Å²) in [4.78, 5) is 35.7. The van der Waals surface area contributed by atoms with Crippen LogP contribution in [0.4, 0.5) is 11.4 Å². The number of nitrogens with zero attached hydrogens (tertiary/aromatic N) is 2. The number of nitriles is 1. The first-order chi connectivity index (χ1) is 10.0. The number of hydrogen-bond acceptors (Lipinski definition) is 5. The van der Waals surface area contributed by atoms with Crippen molar-refractivity contribution in [3.05, 3.63) is 68.1 Å². The van der Waals surface area contributed by atoms with Crippen LogP contribution in [0, 0.1) is 21.4 Å². The van der Waals surface area contributed by atoms with E-state index in [-0.39, 0.29) is 16.8 Å². The number of anilines is 1. The second-order valence-electron chi connectivity index (χ2n) is 4.00. The summed E-state index contributed by atoms with van der Waals surface area (Å²) < 4.78 is 0. The molecule has 0 unspecified atom stereocenters. The third-order valence-corrected chi connectivity index (χ3v) is 2.61. The molecule has 0 saturated carbocycles. The van der Waals surface area contributed by atoms with Crippen LogP contribution in [0.2, 0.25) is 0 Å². The Labute approximate surface area is 117 Å². The molecule has 0 atom stereocenters. The Kier molecular flexibility index (Phi) is 3.76. The Balaban J connectivity index is 2.35. The van der Waals surface area contributed by atoms with Crippen LogP contribution in [0.25, 0.3) is 0 Å². The van der Waals surface area contributed by atoms with Crippen molar-refractivity contribution in [2.45, 2.75) is 0 Å². The van der Waals surface area contributed by atoms with Crippen molar-refractivity contribution in [1.82, 2.24) is 4.98 Å². The van der Waals surface area contributed by atoms with E-state index in [1.165, 1.54) is 24.4 Å². The lowest BCUT2D eigenvalue weighted by Gasteiger charge is -2.06. The second kappa shape index (κ2) is 5.66. The summed E-state index contributed by atoms with van der Waals surface area (Å²) in [7, 11) is 0. The monoisotopic (exact) mass is 284 g/mol. The van der Waals surface area contributed by atoms with Gasteiger partial charge < -0.3 is 10.3 Å². The van der Waals surface area contributed by atoms with Crippen molar-refractivity contribution < 1.29 is 9.72 Å². The Morgan fingerprint density at radius 3 is 2.71 bits per heavy atom. The molecule has 8 nitrogen and oxygen atoms in total. The lowest BCUT2D eigenvalue weighted by molar-refractivity contribution is -0.383. The predicted molar refractivity (Wildman–Crippen MR) is 72.8 cm³/mol. The number of nitro groups is 1. The lowest BCUT2D eigenvalue weighted by Crippen LogP contribution is -2.16. The number of aromatic nitrogens is 1. The number of carbonyl (C=O) groups is 1. The van der Waals surface area contributed by atoms with Crippen LogP contribution >= 0.6 is 0 Å². The molecule has 0 bridgehead atoms. The number of benzene rings is 1. The Bertz CT molecular complexity index is 819. The normalized spacial score (nSPS) is 9.67. The van der Waals surface area contributed by atoms with E-state index >= 15 is 0 Å². The minimum Gasteiger partial charge on any atom is -0.329 e. The summed E-state index contributed by atoms with van der Waals surface area (Å²) in [5.41, 5.74) is -0.734. The van der Waals surface area contributed by atoms with E-state index in [9.17, 15) is 19.7 Å². The highest BCUT2D eigenvalue weighted by Gasteiger charge is 2.17. The van der Waals surface area contributed by atoms with Crippen LogP contribution < -0.4 is 10.9 Å². The maximum Gasteiger partial charge on any atom is 0.294 e. The highest BCUT2D eigenvalue weighted by atomic mass is 16.6. The van der Waals surface area contributed by atoms with Crippen LogP contribution in [0.5, 0.6) is 0 Å². The summed E-state index contributed by atoms with van der Waals surface area (Å²) in [6, 6.07) is 7.90. The smallest absolute Gasteiger partial charge is 0.294 e. The summed E-state index contributed by atoms with van der Waals surface area (Å²) >= 11 is 0. The van der Waals surface area contributed by atoms with Crippen LogP contribution in [-0.2, 0) is 0 Å². The Morgan fingerprint density at radius 1 is 1.33 bits per heavy atom. The number of aromatic amines is 1. The molecule has 2 aromatic rings. The van der Waals surface area contributed by atoms with Gasteiger partial charge in [-0.15, -0.1) is 0 Å². The van der Waals surface area contributed by atoms with Crippen molar-refractivity contribution in [2.75, 3.05) is 5.32 Å². The van der Waals surface area contributed by atoms with Crippen molar-refractivity contribution in [1.29, 1.82) is 5.26 Å². The summed E-state index contributed by atoms with van der Waals surface area (Å²) in [6.07, 6.45) is 1.30. The molecule has 21 heavy (non-hydrogen) atoms. The number of H-pyrrole nitrogens is 1. The van der Waals surface area contributed by atoms with Crippen molar-refractivity contribution in [3.8, 4) is 6.07 Å². The molecule has 0 spiro atoms. The summed E-state index contributed by atoms with van der Waals surface area (Å²) in [6.45, 7) is 0. The highest BCUT2D eigenvalue weighted by Crippen LogP contribution is 2.25. The molecule has 1 aromatic carbocycles. The molecule has 1 aromatic heterocycles. The van der Waals surface area contributed by atoms with Gasteiger partial charge in [0.1, 0.15) is 5.69 Å². The van der Waals surface area contributed by atoms with Crippen LogP contribution in [0.1, 0.15) is 15.9 Å². The third-order valence-electron chi connectivity index (χ3n) is 2.61. The number of carbonyl (C=O) groups excluding carboxylic acids is 1. The van der Waals surface area contributed by atoms with Gasteiger partial charge >= 0.3 is 0 Å². The van der Waals surface area contributed by atoms with E-state index in [0.29, 0.717) is 0 Å². The van der Waals surface area contributed by atoms with E-state index in [2.05, 4.69) is 10.3 Å². The van der Waals surface area contributed by atoms with E-state index in [4.69, 9.17) is 5.26 Å². The molecule has 0 aliphatic heterocycles. The molecule has 8 heteroatoms. The minimum absolute atomic E-state index is 0.0516.